The Labute approximate surface area is 357 Å². The predicted octanol–water partition coefficient (Wildman–Crippen LogP) is 11.3. The van der Waals surface area contributed by atoms with Gasteiger partial charge in [-0.15, -0.1) is 0 Å². The summed E-state index contributed by atoms with van der Waals surface area (Å²) in [5.41, 5.74) is 4.01. The Morgan fingerprint density at radius 2 is 0.383 bits per heavy atom. The highest BCUT2D eigenvalue weighted by Gasteiger charge is 2.25. The van der Waals surface area contributed by atoms with Gasteiger partial charge < -0.3 is 0 Å². The zero-order valence-electron chi connectivity index (χ0n) is 34.1. The van der Waals surface area contributed by atoms with Gasteiger partial charge in [0, 0.05) is 0 Å². The molecule has 0 unspecified atom stereocenters. The van der Waals surface area contributed by atoms with E-state index in [0.29, 0.717) is 0 Å². The minimum atomic E-state index is -0.799. The van der Waals surface area contributed by atoms with E-state index in [1.54, 1.807) is 0 Å². The molecule has 3 heteroatoms. The van der Waals surface area contributed by atoms with Crippen molar-refractivity contribution in [3.8, 4) is 0 Å². The van der Waals surface area contributed by atoms with Crippen molar-refractivity contribution in [3.05, 3.63) is 235 Å². The second-order valence-corrected chi connectivity index (χ2v) is 22.1. The summed E-state index contributed by atoms with van der Waals surface area (Å²) in [6.07, 6.45) is 0. The molecule has 0 heterocycles. The summed E-state index contributed by atoms with van der Waals surface area (Å²) >= 11 is 0. The third-order valence-corrected chi connectivity index (χ3v) is 19.5. The molecule has 0 atom stereocenters. The molecular weight excluding hydrogens is 778 g/mol. The second-order valence-electron chi connectivity index (χ2n) is 15.6. The van der Waals surface area contributed by atoms with Crippen LogP contribution in [-0.2, 0) is 0 Å². The van der Waals surface area contributed by atoms with Crippen LogP contribution in [0.15, 0.2) is 218 Å². The average Bonchev–Trinajstić information content (AvgIpc) is 3.30. The van der Waals surface area contributed by atoms with Gasteiger partial charge in [0.2, 0.25) is 0 Å². The number of rotatable bonds is 9. The molecule has 0 fully saturated rings. The third-order valence-electron chi connectivity index (χ3n) is 11.7. The van der Waals surface area contributed by atoms with E-state index in [2.05, 4.69) is 239 Å². The lowest BCUT2D eigenvalue weighted by Crippen LogP contribution is -2.23. The molecule has 0 aromatic heterocycles. The van der Waals surface area contributed by atoms with Gasteiger partial charge in [-0.25, -0.2) is 0 Å². The molecule has 0 N–H and O–H groups in total. The first-order valence-corrected chi connectivity index (χ1v) is 24.7. The SMILES string of the molecule is Cc1cc2c(cc1P(c1ccccc1)c1ccccc1)c1cc(C)c(P(c3ccccc3)c3ccccc3)cc1c1cc(C)c(P(c3ccccc3)c3ccccc3)cc21. The van der Waals surface area contributed by atoms with Crippen molar-refractivity contribution in [1.29, 1.82) is 0 Å². The smallest absolute Gasteiger partial charge is 0.00921 e. The van der Waals surface area contributed by atoms with Gasteiger partial charge in [0.1, 0.15) is 0 Å². The molecule has 0 amide bonds. The summed E-state index contributed by atoms with van der Waals surface area (Å²) in [6.45, 7) is 7.01. The quantitative estimate of drug-likeness (QED) is 0.100. The van der Waals surface area contributed by atoms with Crippen molar-refractivity contribution in [3.63, 3.8) is 0 Å². The Hall–Kier alpha value is -5.73. The topological polar surface area (TPSA) is 0 Å². The molecule has 0 saturated carbocycles. The van der Waals surface area contributed by atoms with Gasteiger partial charge in [0.05, 0.1) is 0 Å². The zero-order chi connectivity index (χ0) is 40.6. The van der Waals surface area contributed by atoms with Crippen LogP contribution in [0.1, 0.15) is 16.7 Å². The molecule has 0 bridgehead atoms. The van der Waals surface area contributed by atoms with E-state index in [1.165, 1.54) is 96.7 Å². The molecule has 60 heavy (non-hydrogen) atoms. The Morgan fingerprint density at radius 1 is 0.217 bits per heavy atom. The largest absolute Gasteiger partial charge is 0.0622 e. The van der Waals surface area contributed by atoms with E-state index in [0.717, 1.165) is 0 Å². The molecule has 10 rings (SSSR count). The van der Waals surface area contributed by atoms with E-state index in [1.807, 2.05) is 0 Å². The van der Waals surface area contributed by atoms with Gasteiger partial charge in [-0.2, -0.15) is 0 Å². The van der Waals surface area contributed by atoms with Crippen LogP contribution in [0.2, 0.25) is 0 Å². The van der Waals surface area contributed by atoms with Crippen molar-refractivity contribution in [2.24, 2.45) is 0 Å². The number of hydrogen-bond donors (Lipinski definition) is 0. The molecule has 0 nitrogen and oxygen atoms in total. The van der Waals surface area contributed by atoms with Crippen LogP contribution < -0.4 is 47.7 Å². The second kappa shape index (κ2) is 16.7. The monoisotopic (exact) mass is 822 g/mol. The number of benzene rings is 10. The normalized spacial score (nSPS) is 11.7. The fraction of sp³-hybridized carbons (Fsp3) is 0.0526. The first kappa shape index (κ1) is 38.5. The Bertz CT molecular complexity index is 2610. The fourth-order valence-electron chi connectivity index (χ4n) is 8.89. The molecule has 0 radical (unpaired) electrons. The van der Waals surface area contributed by atoms with Gasteiger partial charge in [0.15, 0.2) is 0 Å². The highest BCUT2D eigenvalue weighted by Crippen LogP contribution is 2.44. The predicted molar refractivity (Wildman–Crippen MR) is 269 cm³/mol. The van der Waals surface area contributed by atoms with Crippen LogP contribution >= 0.6 is 23.8 Å². The highest BCUT2D eigenvalue weighted by atomic mass is 31.1. The van der Waals surface area contributed by atoms with Gasteiger partial charge in [-0.05, 0) is 159 Å². The fourth-order valence-corrected chi connectivity index (χ4v) is 16.3. The van der Waals surface area contributed by atoms with E-state index in [-0.39, 0.29) is 0 Å². The van der Waals surface area contributed by atoms with E-state index >= 15 is 0 Å². The maximum absolute atomic E-state index is 2.57. The van der Waals surface area contributed by atoms with Crippen LogP contribution in [0.4, 0.5) is 0 Å². The number of fused-ring (bicyclic) bond motifs is 6. The summed E-state index contributed by atoms with van der Waals surface area (Å²) in [6, 6.07) is 82.2. The molecule has 10 aromatic rings. The molecule has 0 saturated heterocycles. The molecule has 288 valence electrons. The van der Waals surface area contributed by atoms with Crippen molar-refractivity contribution in [2.45, 2.75) is 20.8 Å². The summed E-state index contributed by atoms with van der Waals surface area (Å²) in [7, 11) is -2.40. The van der Waals surface area contributed by atoms with Crippen molar-refractivity contribution in [2.75, 3.05) is 0 Å². The zero-order valence-corrected chi connectivity index (χ0v) is 36.8. The standard InChI is InChI=1S/C57H45P3/c1-40-34-49-52(37-55(40)58(43-22-10-4-11-23-43)44-24-12-5-13-25-44)50-35-41(2)57(60(47-30-18-8-19-31-47)48-32-20-9-21-33-48)39-54(50)51-36-42(3)56(38-53(49)51)59(45-26-14-6-15-27-45)46-28-16-7-17-29-46/h4-39H,1-3H3. The Morgan fingerprint density at radius 3 is 0.567 bits per heavy atom. The van der Waals surface area contributed by atoms with Crippen LogP contribution in [0.3, 0.4) is 0 Å². The molecular formula is C57H45P3. The molecule has 0 aliphatic heterocycles. The maximum atomic E-state index is 2.57. The minimum absolute atomic E-state index is 0.799. The summed E-state index contributed by atoms with van der Waals surface area (Å²) in [5.74, 6) is 0. The van der Waals surface area contributed by atoms with Crippen LogP contribution in [-0.4, -0.2) is 0 Å². The van der Waals surface area contributed by atoms with Crippen molar-refractivity contribution < 1.29 is 0 Å². The van der Waals surface area contributed by atoms with Crippen LogP contribution in [0.25, 0.3) is 32.3 Å². The maximum Gasteiger partial charge on any atom is -0.00921 e. The summed E-state index contributed by atoms with van der Waals surface area (Å²) < 4.78 is 0. The third kappa shape index (κ3) is 7.19. The Kier molecular flexibility index (Phi) is 10.7. The summed E-state index contributed by atoms with van der Waals surface area (Å²) in [4.78, 5) is 0. The molecule has 0 aliphatic rings. The molecule has 10 aromatic carbocycles. The first-order chi connectivity index (χ1) is 29.5. The lowest BCUT2D eigenvalue weighted by Gasteiger charge is -2.26. The van der Waals surface area contributed by atoms with Crippen molar-refractivity contribution >= 4 is 104 Å². The minimum Gasteiger partial charge on any atom is -0.0622 e. The van der Waals surface area contributed by atoms with Crippen LogP contribution in [0, 0.1) is 20.8 Å². The van der Waals surface area contributed by atoms with E-state index in [9.17, 15) is 0 Å². The van der Waals surface area contributed by atoms with Gasteiger partial charge in [-0.1, -0.05) is 200 Å². The lowest BCUT2D eigenvalue weighted by molar-refractivity contribution is 1.53. The van der Waals surface area contributed by atoms with Crippen molar-refractivity contribution in [1.82, 2.24) is 0 Å². The highest BCUT2D eigenvalue weighted by molar-refractivity contribution is 7.80. The van der Waals surface area contributed by atoms with E-state index < -0.39 is 23.8 Å². The number of aryl methyl sites for hydroxylation is 3. The first-order valence-electron chi connectivity index (χ1n) is 20.7. The average molecular weight is 823 g/mol. The Balaban J connectivity index is 1.31. The molecule has 0 spiro atoms. The van der Waals surface area contributed by atoms with Gasteiger partial charge >= 0.3 is 0 Å². The van der Waals surface area contributed by atoms with Gasteiger partial charge in [0.25, 0.3) is 0 Å². The van der Waals surface area contributed by atoms with Gasteiger partial charge in [-0.3, -0.25) is 0 Å². The lowest BCUT2D eigenvalue weighted by atomic mass is 9.91. The van der Waals surface area contributed by atoms with Crippen LogP contribution in [0.5, 0.6) is 0 Å². The summed E-state index contributed by atoms with van der Waals surface area (Å²) in [5, 5.41) is 20.4. The van der Waals surface area contributed by atoms with E-state index in [4.69, 9.17) is 0 Å². The molecule has 0 aliphatic carbocycles. The number of hydrogen-bond acceptors (Lipinski definition) is 0.